The van der Waals surface area contributed by atoms with Crippen molar-refractivity contribution in [3.63, 3.8) is 0 Å². The molecule has 1 aromatic rings. The van der Waals surface area contributed by atoms with Crippen LogP contribution in [0.15, 0.2) is 12.1 Å². The molecule has 0 radical (unpaired) electrons. The van der Waals surface area contributed by atoms with Crippen LogP contribution in [0.1, 0.15) is 51.2 Å². The Kier molecular flexibility index (Phi) is 3.35. The Balaban J connectivity index is 1.79. The summed E-state index contributed by atoms with van der Waals surface area (Å²) in [4.78, 5) is 0. The van der Waals surface area contributed by atoms with Gasteiger partial charge in [0.15, 0.2) is 11.6 Å². The van der Waals surface area contributed by atoms with E-state index in [1.54, 1.807) is 6.07 Å². The molecule has 1 saturated heterocycles. The van der Waals surface area contributed by atoms with Gasteiger partial charge in [-0.1, -0.05) is 6.07 Å². The Morgan fingerprint density at radius 2 is 1.73 bits per heavy atom. The van der Waals surface area contributed by atoms with Gasteiger partial charge in [-0.2, -0.15) is 5.26 Å². The highest BCUT2D eigenvalue weighted by Crippen LogP contribution is 2.58. The standard InChI is InChI=1S/C16H18BF2NO2/c1-15(2)16(3,4)22-17(21-15)12-7-11(12)10-6-5-9(8-20)13(18)14(10)19/h5-6,11-12H,7H2,1-4H3/t11-,12?/m1/s1. The summed E-state index contributed by atoms with van der Waals surface area (Å²) in [6.07, 6.45) is 0.694. The van der Waals surface area contributed by atoms with Crippen LogP contribution in [0.3, 0.4) is 0 Å². The lowest BCUT2D eigenvalue weighted by molar-refractivity contribution is 0.00578. The molecule has 0 bridgehead atoms. The maximum Gasteiger partial charge on any atom is 0.461 e. The third-order valence-electron chi connectivity index (χ3n) is 5.09. The highest BCUT2D eigenvalue weighted by molar-refractivity contribution is 6.49. The molecule has 2 aliphatic rings. The molecule has 1 saturated carbocycles. The van der Waals surface area contributed by atoms with Crippen LogP contribution in [0.25, 0.3) is 0 Å². The van der Waals surface area contributed by atoms with Crippen LogP contribution >= 0.6 is 0 Å². The van der Waals surface area contributed by atoms with Gasteiger partial charge in [0.1, 0.15) is 6.07 Å². The minimum absolute atomic E-state index is 0.0166. The zero-order valence-electron chi connectivity index (χ0n) is 13.1. The van der Waals surface area contributed by atoms with Crippen LogP contribution in [0.4, 0.5) is 8.78 Å². The second kappa shape index (κ2) is 4.77. The quantitative estimate of drug-likeness (QED) is 0.781. The van der Waals surface area contributed by atoms with Crippen molar-refractivity contribution in [2.45, 2.75) is 57.1 Å². The number of hydrogen-bond acceptors (Lipinski definition) is 3. The second-order valence-corrected chi connectivity index (χ2v) is 7.07. The predicted molar refractivity (Wildman–Crippen MR) is 78.3 cm³/mol. The minimum atomic E-state index is -1.07. The van der Waals surface area contributed by atoms with Gasteiger partial charge < -0.3 is 9.31 Å². The van der Waals surface area contributed by atoms with Crippen molar-refractivity contribution in [3.8, 4) is 6.07 Å². The predicted octanol–water partition coefficient (Wildman–Crippen LogP) is 3.79. The largest absolute Gasteiger partial charge is 0.461 e. The number of halogens is 2. The van der Waals surface area contributed by atoms with Crippen LogP contribution in [-0.2, 0) is 9.31 Å². The van der Waals surface area contributed by atoms with Crippen molar-refractivity contribution in [2.75, 3.05) is 0 Å². The minimum Gasteiger partial charge on any atom is -0.403 e. The van der Waals surface area contributed by atoms with E-state index >= 15 is 0 Å². The maximum atomic E-state index is 14.1. The Bertz CT molecular complexity index is 653. The SMILES string of the molecule is CC1(C)OB(C2C[C@@H]2c2ccc(C#N)c(F)c2F)OC1(C)C. The molecule has 0 spiro atoms. The first-order valence-corrected chi connectivity index (χ1v) is 7.41. The maximum absolute atomic E-state index is 14.1. The number of nitrogens with zero attached hydrogens (tertiary/aromatic N) is 1. The Labute approximate surface area is 129 Å². The third-order valence-corrected chi connectivity index (χ3v) is 5.09. The molecule has 1 heterocycles. The van der Waals surface area contributed by atoms with Crippen molar-refractivity contribution in [1.29, 1.82) is 5.26 Å². The van der Waals surface area contributed by atoms with Gasteiger partial charge in [-0.25, -0.2) is 8.78 Å². The number of rotatable bonds is 2. The molecule has 0 N–H and O–H groups in total. The van der Waals surface area contributed by atoms with Crippen molar-refractivity contribution in [1.82, 2.24) is 0 Å². The molecule has 1 aliphatic heterocycles. The molecule has 0 aromatic heterocycles. The van der Waals surface area contributed by atoms with Crippen LogP contribution in [0, 0.1) is 23.0 Å². The highest BCUT2D eigenvalue weighted by Gasteiger charge is 2.60. The summed E-state index contributed by atoms with van der Waals surface area (Å²) in [5.74, 6) is -2.11. The highest BCUT2D eigenvalue weighted by atomic mass is 19.2. The number of hydrogen-bond donors (Lipinski definition) is 0. The molecule has 116 valence electrons. The molecule has 2 atom stereocenters. The normalized spacial score (nSPS) is 28.5. The summed E-state index contributed by atoms with van der Waals surface area (Å²) >= 11 is 0. The number of nitriles is 1. The summed E-state index contributed by atoms with van der Waals surface area (Å²) in [5.41, 5.74) is -0.830. The molecular weight excluding hydrogens is 287 g/mol. The van der Waals surface area contributed by atoms with Gasteiger partial charge in [0.2, 0.25) is 0 Å². The molecule has 1 unspecified atom stereocenters. The van der Waals surface area contributed by atoms with E-state index in [9.17, 15) is 8.78 Å². The molecule has 22 heavy (non-hydrogen) atoms. The topological polar surface area (TPSA) is 42.2 Å². The zero-order valence-corrected chi connectivity index (χ0v) is 13.1. The summed E-state index contributed by atoms with van der Waals surface area (Å²) < 4.78 is 39.8. The zero-order chi connectivity index (χ0) is 16.3. The van der Waals surface area contributed by atoms with E-state index in [0.717, 1.165) is 0 Å². The smallest absolute Gasteiger partial charge is 0.403 e. The fourth-order valence-corrected chi connectivity index (χ4v) is 2.87. The molecule has 2 fully saturated rings. The average Bonchev–Trinajstić information content (AvgIpc) is 3.16. The fourth-order valence-electron chi connectivity index (χ4n) is 2.87. The summed E-state index contributed by atoms with van der Waals surface area (Å²) in [7, 11) is -0.409. The van der Waals surface area contributed by atoms with Crippen LogP contribution in [0.2, 0.25) is 5.82 Å². The van der Waals surface area contributed by atoms with Crippen molar-refractivity contribution in [2.24, 2.45) is 0 Å². The van der Waals surface area contributed by atoms with E-state index in [4.69, 9.17) is 14.6 Å². The van der Waals surface area contributed by atoms with E-state index in [-0.39, 0.29) is 17.3 Å². The molecular formula is C16H18BF2NO2. The third kappa shape index (κ3) is 2.24. The van der Waals surface area contributed by atoms with Crippen molar-refractivity contribution >= 4 is 7.12 Å². The fraction of sp³-hybridized carbons (Fsp3) is 0.562. The molecule has 6 heteroatoms. The summed E-state index contributed by atoms with van der Waals surface area (Å²) in [5, 5.41) is 8.73. The van der Waals surface area contributed by atoms with Gasteiger partial charge in [-0.05, 0) is 51.7 Å². The molecule has 1 aromatic carbocycles. The van der Waals surface area contributed by atoms with Gasteiger partial charge >= 0.3 is 7.12 Å². The van der Waals surface area contributed by atoms with Crippen molar-refractivity contribution < 1.29 is 18.1 Å². The first-order chi connectivity index (χ1) is 10.2. The van der Waals surface area contributed by atoms with E-state index in [1.807, 2.05) is 27.7 Å². The first kappa shape index (κ1) is 15.5. The molecule has 3 nitrogen and oxygen atoms in total. The van der Waals surface area contributed by atoms with E-state index in [1.165, 1.54) is 12.1 Å². The van der Waals surface area contributed by atoms with Crippen LogP contribution < -0.4 is 0 Å². The molecule has 1 aliphatic carbocycles. The molecule has 3 rings (SSSR count). The van der Waals surface area contributed by atoms with Crippen LogP contribution in [-0.4, -0.2) is 18.3 Å². The van der Waals surface area contributed by atoms with E-state index < -0.39 is 30.0 Å². The number of benzene rings is 1. The van der Waals surface area contributed by atoms with E-state index in [0.29, 0.717) is 12.0 Å². The van der Waals surface area contributed by atoms with Gasteiger partial charge in [0.05, 0.1) is 16.8 Å². The lowest BCUT2D eigenvalue weighted by atomic mass is 9.79. The lowest BCUT2D eigenvalue weighted by Gasteiger charge is -2.32. The second-order valence-electron chi connectivity index (χ2n) is 7.07. The van der Waals surface area contributed by atoms with Gasteiger partial charge in [-0.3, -0.25) is 0 Å². The van der Waals surface area contributed by atoms with Crippen LogP contribution in [0.5, 0.6) is 0 Å². The van der Waals surface area contributed by atoms with E-state index in [2.05, 4.69) is 0 Å². The average molecular weight is 305 g/mol. The van der Waals surface area contributed by atoms with Gasteiger partial charge in [-0.15, -0.1) is 0 Å². The monoisotopic (exact) mass is 305 g/mol. The molecule has 0 amide bonds. The Morgan fingerprint density at radius 1 is 1.14 bits per heavy atom. The Hall–Kier alpha value is -1.45. The Morgan fingerprint density at radius 3 is 2.27 bits per heavy atom. The first-order valence-electron chi connectivity index (χ1n) is 7.41. The summed E-state index contributed by atoms with van der Waals surface area (Å²) in [6.45, 7) is 7.86. The summed E-state index contributed by atoms with van der Waals surface area (Å²) in [6, 6.07) is 4.47. The van der Waals surface area contributed by atoms with Gasteiger partial charge in [0.25, 0.3) is 0 Å². The lowest BCUT2D eigenvalue weighted by Crippen LogP contribution is -2.41. The van der Waals surface area contributed by atoms with Gasteiger partial charge in [0, 0.05) is 5.82 Å². The van der Waals surface area contributed by atoms with Crippen molar-refractivity contribution in [3.05, 3.63) is 34.9 Å².